The number of carbonyl (C=O) groups is 2. The number of carbonyl (C=O) groups excluding carboxylic acids is 1. The number of ether oxygens (including phenoxy) is 1. The lowest BCUT2D eigenvalue weighted by molar-refractivity contribution is -0.142. The van der Waals surface area contributed by atoms with Crippen molar-refractivity contribution >= 4 is 12.1 Å². The van der Waals surface area contributed by atoms with Gasteiger partial charge >= 0.3 is 12.1 Å². The number of likely N-dealkylation sites (N-methyl/N-ethyl adjacent to an activating group) is 1. The van der Waals surface area contributed by atoms with Crippen molar-refractivity contribution in [3.8, 4) is 11.1 Å². The number of hydrogen-bond acceptors (Lipinski definition) is 3. The molecule has 1 aliphatic carbocycles. The van der Waals surface area contributed by atoms with E-state index in [1.807, 2.05) is 54.6 Å². The third-order valence-electron chi connectivity index (χ3n) is 6.16. The van der Waals surface area contributed by atoms with Gasteiger partial charge in [0.2, 0.25) is 0 Å². The van der Waals surface area contributed by atoms with E-state index < -0.39 is 18.1 Å². The molecule has 164 valence electrons. The summed E-state index contributed by atoms with van der Waals surface area (Å²) in [6.07, 6.45) is 1.19. The lowest BCUT2D eigenvalue weighted by atomic mass is 9.98. The van der Waals surface area contributed by atoms with E-state index in [9.17, 15) is 14.7 Å². The SMILES string of the molecule is CN(C(=O)OCC1c2ccccc2-c2ccccc21)[C@@H](CCCc1ccccc1)C(=O)O. The smallest absolute Gasteiger partial charge is 0.410 e. The van der Waals surface area contributed by atoms with Crippen LogP contribution in [0.1, 0.15) is 35.4 Å². The minimum atomic E-state index is -1.02. The summed E-state index contributed by atoms with van der Waals surface area (Å²) >= 11 is 0. The zero-order valence-electron chi connectivity index (χ0n) is 18.1. The first kappa shape index (κ1) is 21.6. The summed E-state index contributed by atoms with van der Waals surface area (Å²) < 4.78 is 5.62. The molecule has 0 fully saturated rings. The Balaban J connectivity index is 1.39. The molecule has 0 aliphatic heterocycles. The number of carboxylic acid groups (broad SMARTS) is 1. The van der Waals surface area contributed by atoms with E-state index in [-0.39, 0.29) is 12.5 Å². The highest BCUT2D eigenvalue weighted by Gasteiger charge is 2.31. The maximum Gasteiger partial charge on any atom is 0.410 e. The predicted octanol–water partition coefficient (Wildman–Crippen LogP) is 5.34. The van der Waals surface area contributed by atoms with Crippen molar-refractivity contribution in [1.29, 1.82) is 0 Å². The van der Waals surface area contributed by atoms with Crippen molar-refractivity contribution in [2.75, 3.05) is 13.7 Å². The van der Waals surface area contributed by atoms with Gasteiger partial charge in [-0.3, -0.25) is 4.90 Å². The Labute approximate surface area is 188 Å². The van der Waals surface area contributed by atoms with Crippen molar-refractivity contribution < 1.29 is 19.4 Å². The van der Waals surface area contributed by atoms with Crippen LogP contribution in [-0.2, 0) is 16.0 Å². The fourth-order valence-corrected chi connectivity index (χ4v) is 4.45. The van der Waals surface area contributed by atoms with Crippen molar-refractivity contribution in [2.45, 2.75) is 31.2 Å². The highest BCUT2D eigenvalue weighted by atomic mass is 16.6. The molecule has 1 atom stereocenters. The lowest BCUT2D eigenvalue weighted by Crippen LogP contribution is -2.43. The normalized spacial score (nSPS) is 13.2. The largest absolute Gasteiger partial charge is 0.480 e. The first-order chi connectivity index (χ1) is 15.6. The minimum Gasteiger partial charge on any atom is -0.480 e. The first-order valence-corrected chi connectivity index (χ1v) is 10.9. The molecule has 0 bridgehead atoms. The Morgan fingerprint density at radius 1 is 0.906 bits per heavy atom. The third-order valence-corrected chi connectivity index (χ3v) is 6.16. The Morgan fingerprint density at radius 2 is 1.47 bits per heavy atom. The number of aliphatic carboxylic acids is 1. The second-order valence-electron chi connectivity index (χ2n) is 8.15. The molecular weight excluding hydrogens is 402 g/mol. The van der Waals surface area contributed by atoms with E-state index in [4.69, 9.17) is 4.74 Å². The summed E-state index contributed by atoms with van der Waals surface area (Å²) in [5, 5.41) is 9.68. The Hall–Kier alpha value is -3.60. The van der Waals surface area contributed by atoms with Gasteiger partial charge in [0.05, 0.1) is 0 Å². The molecular formula is C27H27NO4. The zero-order valence-corrected chi connectivity index (χ0v) is 18.1. The van der Waals surface area contributed by atoms with Crippen LogP contribution in [0.4, 0.5) is 4.79 Å². The van der Waals surface area contributed by atoms with Crippen LogP contribution in [-0.4, -0.2) is 41.8 Å². The van der Waals surface area contributed by atoms with Gasteiger partial charge in [-0.2, -0.15) is 0 Å². The van der Waals surface area contributed by atoms with Gasteiger partial charge in [-0.1, -0.05) is 78.9 Å². The quantitative estimate of drug-likeness (QED) is 0.525. The van der Waals surface area contributed by atoms with Gasteiger partial charge < -0.3 is 9.84 Å². The van der Waals surface area contributed by atoms with Crippen LogP contribution in [0.25, 0.3) is 11.1 Å². The van der Waals surface area contributed by atoms with E-state index >= 15 is 0 Å². The van der Waals surface area contributed by atoms with Crippen LogP contribution < -0.4 is 0 Å². The first-order valence-electron chi connectivity index (χ1n) is 10.9. The number of fused-ring (bicyclic) bond motifs is 3. The molecule has 3 aromatic rings. The topological polar surface area (TPSA) is 66.8 Å². The predicted molar refractivity (Wildman–Crippen MR) is 124 cm³/mol. The molecule has 0 unspecified atom stereocenters. The number of carboxylic acids is 1. The summed E-state index contributed by atoms with van der Waals surface area (Å²) in [5.74, 6) is -1.07. The zero-order chi connectivity index (χ0) is 22.5. The second kappa shape index (κ2) is 9.69. The number of aryl methyl sites for hydroxylation is 1. The summed E-state index contributed by atoms with van der Waals surface area (Å²) in [7, 11) is 1.50. The summed E-state index contributed by atoms with van der Waals surface area (Å²) in [5.41, 5.74) is 5.72. The fourth-order valence-electron chi connectivity index (χ4n) is 4.45. The second-order valence-corrected chi connectivity index (χ2v) is 8.15. The molecule has 32 heavy (non-hydrogen) atoms. The highest BCUT2D eigenvalue weighted by Crippen LogP contribution is 2.44. The van der Waals surface area contributed by atoms with Crippen molar-refractivity contribution in [3.63, 3.8) is 0 Å². The Morgan fingerprint density at radius 3 is 2.06 bits per heavy atom. The van der Waals surface area contributed by atoms with E-state index in [0.717, 1.165) is 34.2 Å². The van der Waals surface area contributed by atoms with Crippen LogP contribution in [0.5, 0.6) is 0 Å². The molecule has 4 rings (SSSR count). The van der Waals surface area contributed by atoms with Crippen LogP contribution in [0.15, 0.2) is 78.9 Å². The maximum atomic E-state index is 12.7. The monoisotopic (exact) mass is 429 g/mol. The molecule has 5 nitrogen and oxygen atoms in total. The molecule has 0 radical (unpaired) electrons. The number of nitrogens with zero attached hydrogens (tertiary/aromatic N) is 1. The molecule has 0 saturated heterocycles. The van der Waals surface area contributed by atoms with Crippen LogP contribution in [0, 0.1) is 0 Å². The van der Waals surface area contributed by atoms with Crippen LogP contribution in [0.2, 0.25) is 0 Å². The molecule has 1 aliphatic rings. The molecule has 0 heterocycles. The molecule has 3 aromatic carbocycles. The highest BCUT2D eigenvalue weighted by molar-refractivity contribution is 5.81. The molecule has 0 spiro atoms. The number of amides is 1. The molecule has 0 saturated carbocycles. The van der Waals surface area contributed by atoms with Gasteiger partial charge in [-0.05, 0) is 47.1 Å². The maximum absolute atomic E-state index is 12.7. The van der Waals surface area contributed by atoms with Gasteiger partial charge in [0.1, 0.15) is 12.6 Å². The van der Waals surface area contributed by atoms with Gasteiger partial charge in [-0.25, -0.2) is 9.59 Å². The summed E-state index contributed by atoms with van der Waals surface area (Å²) in [6.45, 7) is 0.174. The average molecular weight is 430 g/mol. The van der Waals surface area contributed by atoms with Gasteiger partial charge in [0, 0.05) is 13.0 Å². The minimum absolute atomic E-state index is 0.0545. The van der Waals surface area contributed by atoms with Crippen LogP contribution in [0.3, 0.4) is 0 Å². The Kier molecular flexibility index (Phi) is 6.55. The van der Waals surface area contributed by atoms with Gasteiger partial charge in [0.25, 0.3) is 0 Å². The summed E-state index contributed by atoms with van der Waals surface area (Å²) in [6, 6.07) is 25.2. The molecule has 5 heteroatoms. The van der Waals surface area contributed by atoms with Crippen molar-refractivity contribution in [3.05, 3.63) is 95.6 Å². The molecule has 0 aromatic heterocycles. The average Bonchev–Trinajstić information content (AvgIpc) is 3.14. The molecule has 1 N–H and O–H groups in total. The van der Waals surface area contributed by atoms with Crippen molar-refractivity contribution in [2.24, 2.45) is 0 Å². The van der Waals surface area contributed by atoms with Crippen molar-refractivity contribution in [1.82, 2.24) is 4.90 Å². The standard InChI is InChI=1S/C27H27NO4/c1-28(25(26(29)30)17-9-12-19-10-3-2-4-11-19)27(31)32-18-24-22-15-7-5-13-20(22)21-14-6-8-16-23(21)24/h2-8,10-11,13-16,24-25H,9,12,17-18H2,1H3,(H,29,30)/t25-/m0/s1. The number of hydrogen-bond donors (Lipinski definition) is 1. The third kappa shape index (κ3) is 4.52. The van der Waals surface area contributed by atoms with E-state index in [0.29, 0.717) is 12.8 Å². The van der Waals surface area contributed by atoms with Gasteiger partial charge in [0.15, 0.2) is 0 Å². The Bertz CT molecular complexity index is 1050. The van der Waals surface area contributed by atoms with Gasteiger partial charge in [-0.15, -0.1) is 0 Å². The van der Waals surface area contributed by atoms with E-state index in [1.54, 1.807) is 0 Å². The lowest BCUT2D eigenvalue weighted by Gasteiger charge is -2.25. The van der Waals surface area contributed by atoms with E-state index in [2.05, 4.69) is 24.3 Å². The summed E-state index contributed by atoms with van der Waals surface area (Å²) in [4.78, 5) is 25.8. The number of benzene rings is 3. The van der Waals surface area contributed by atoms with Crippen LogP contribution >= 0.6 is 0 Å². The molecule has 1 amide bonds. The number of rotatable bonds is 8. The van der Waals surface area contributed by atoms with E-state index in [1.165, 1.54) is 11.9 Å². The fraction of sp³-hybridized carbons (Fsp3) is 0.259.